The van der Waals surface area contributed by atoms with Gasteiger partial charge in [0.25, 0.3) is 0 Å². The van der Waals surface area contributed by atoms with Gasteiger partial charge in [-0.05, 0) is 61.8 Å². The van der Waals surface area contributed by atoms with Gasteiger partial charge in [-0.15, -0.1) is 11.3 Å². The highest BCUT2D eigenvalue weighted by atomic mass is 35.5. The Morgan fingerprint density at radius 3 is 2.67 bits per heavy atom. The summed E-state index contributed by atoms with van der Waals surface area (Å²) in [5.74, 6) is -1.44. The van der Waals surface area contributed by atoms with E-state index in [9.17, 15) is 23.6 Å². The number of imide groups is 1. The summed E-state index contributed by atoms with van der Waals surface area (Å²) < 4.78 is 52.9. The summed E-state index contributed by atoms with van der Waals surface area (Å²) in [5.41, 5.74) is 5.68. The number of halogens is 4. The number of nitrogen functional groups attached to an aromatic ring is 1. The van der Waals surface area contributed by atoms with Crippen LogP contribution in [0.5, 0.6) is 6.01 Å². The maximum absolute atomic E-state index is 17.1. The largest absolute Gasteiger partial charge is 0.461 e. The monoisotopic (exact) mass is 737 g/mol. The predicted octanol–water partition coefficient (Wildman–Crippen LogP) is 6.32. The Bertz CT molecular complexity index is 2160. The Balaban J connectivity index is 1.21. The summed E-state index contributed by atoms with van der Waals surface area (Å²) in [6.45, 7) is 3.69. The van der Waals surface area contributed by atoms with Crippen LogP contribution < -0.4 is 15.4 Å². The fourth-order valence-corrected chi connectivity index (χ4v) is 10.2. The maximum Gasteiger partial charge on any atom is 0.319 e. The molecule has 0 spiro atoms. The van der Waals surface area contributed by atoms with Crippen molar-refractivity contribution in [2.75, 3.05) is 50.5 Å². The molecule has 0 bridgehead atoms. The standard InChI is InChI=1S/C36H35ClF3N7O3S/c1-17(48)45(2)34(49)18-8-19-13-46(14-20(19)9-18)33-23-10-25(37)28(22-4-5-26(39)31-27(22)24(12-41)32(42)51-31)29(40)30(23)43-35(44-33)50-16-36-6-3-7-47(36)15-21(38)11-36/h4-5,10,18-21H,3,6-9,11,13-16,42H2,1-2H3/t18?,19-,20+,21-,36+/m1/s1. The van der Waals surface area contributed by atoms with Gasteiger partial charge in [-0.3, -0.25) is 19.4 Å². The van der Waals surface area contributed by atoms with Crippen molar-refractivity contribution in [3.05, 3.63) is 40.4 Å². The Labute approximate surface area is 300 Å². The minimum atomic E-state index is -0.962. The van der Waals surface area contributed by atoms with Crippen molar-refractivity contribution in [1.29, 1.82) is 5.26 Å². The summed E-state index contributed by atoms with van der Waals surface area (Å²) in [4.78, 5) is 39.5. The molecule has 2 aromatic heterocycles. The lowest BCUT2D eigenvalue weighted by molar-refractivity contribution is -0.144. The van der Waals surface area contributed by atoms with Crippen LogP contribution in [-0.2, 0) is 9.59 Å². The first kappa shape index (κ1) is 33.9. The van der Waals surface area contributed by atoms with E-state index >= 15 is 4.39 Å². The highest BCUT2D eigenvalue weighted by Crippen LogP contribution is 2.48. The van der Waals surface area contributed by atoms with Crippen LogP contribution in [0, 0.1) is 40.7 Å². The number of thiophene rings is 1. The zero-order chi connectivity index (χ0) is 35.9. The second kappa shape index (κ2) is 12.5. The Hall–Kier alpha value is -4.19. The molecule has 10 nitrogen and oxygen atoms in total. The molecule has 2 N–H and O–H groups in total. The van der Waals surface area contributed by atoms with Gasteiger partial charge in [0.15, 0.2) is 5.82 Å². The number of benzene rings is 2. The van der Waals surface area contributed by atoms with Crippen molar-refractivity contribution in [3.8, 4) is 23.2 Å². The van der Waals surface area contributed by atoms with Crippen LogP contribution in [0.15, 0.2) is 18.2 Å². The van der Waals surface area contributed by atoms with Gasteiger partial charge in [0.1, 0.15) is 41.0 Å². The highest BCUT2D eigenvalue weighted by molar-refractivity contribution is 7.23. The van der Waals surface area contributed by atoms with Gasteiger partial charge in [0.05, 0.1) is 20.8 Å². The molecule has 8 rings (SSSR count). The number of hydrogen-bond acceptors (Lipinski definition) is 10. The van der Waals surface area contributed by atoms with Crippen LogP contribution in [-0.4, -0.2) is 83.1 Å². The molecule has 3 saturated heterocycles. The number of nitrogens with zero attached hydrogens (tertiary/aromatic N) is 6. The van der Waals surface area contributed by atoms with Crippen molar-refractivity contribution in [3.63, 3.8) is 0 Å². The molecule has 51 heavy (non-hydrogen) atoms. The maximum atomic E-state index is 17.1. The zero-order valence-electron chi connectivity index (χ0n) is 28.0. The van der Waals surface area contributed by atoms with E-state index in [1.54, 1.807) is 6.07 Å². The summed E-state index contributed by atoms with van der Waals surface area (Å²) in [7, 11) is 1.50. The first-order chi connectivity index (χ1) is 24.4. The van der Waals surface area contributed by atoms with Gasteiger partial charge in [-0.2, -0.15) is 15.2 Å². The van der Waals surface area contributed by atoms with E-state index in [1.807, 2.05) is 11.0 Å². The van der Waals surface area contributed by atoms with Gasteiger partial charge >= 0.3 is 6.01 Å². The zero-order valence-corrected chi connectivity index (χ0v) is 29.6. The molecule has 4 fully saturated rings. The average molecular weight is 738 g/mol. The van der Waals surface area contributed by atoms with Crippen LogP contribution in [0.1, 0.15) is 44.6 Å². The molecule has 2 amide bonds. The number of anilines is 2. The third-order valence-corrected chi connectivity index (χ3v) is 12.8. The molecular weight excluding hydrogens is 703 g/mol. The number of fused-ring (bicyclic) bond motifs is 4. The van der Waals surface area contributed by atoms with Crippen LogP contribution in [0.25, 0.3) is 32.1 Å². The molecule has 1 unspecified atom stereocenters. The Morgan fingerprint density at radius 2 is 1.96 bits per heavy atom. The van der Waals surface area contributed by atoms with Gasteiger partial charge < -0.3 is 15.4 Å². The number of hydrogen-bond donors (Lipinski definition) is 1. The van der Waals surface area contributed by atoms with Crippen molar-refractivity contribution >= 4 is 66.6 Å². The summed E-state index contributed by atoms with van der Waals surface area (Å²) in [5, 5.41) is 10.5. The topological polar surface area (TPSA) is 129 Å². The van der Waals surface area contributed by atoms with Crippen molar-refractivity contribution in [2.24, 2.45) is 17.8 Å². The molecule has 5 atom stereocenters. The molecular formula is C36H35ClF3N7O3S. The Morgan fingerprint density at radius 1 is 1.22 bits per heavy atom. The lowest BCUT2D eigenvalue weighted by atomic mass is 9.95. The summed E-state index contributed by atoms with van der Waals surface area (Å²) in [6.07, 6.45) is 2.27. The van der Waals surface area contributed by atoms with E-state index in [0.717, 1.165) is 30.7 Å². The van der Waals surface area contributed by atoms with Gasteiger partial charge in [-0.1, -0.05) is 17.7 Å². The van der Waals surface area contributed by atoms with Crippen LogP contribution in [0.2, 0.25) is 5.02 Å². The molecule has 4 aliphatic rings. The first-order valence-corrected chi connectivity index (χ1v) is 18.2. The lowest BCUT2D eigenvalue weighted by Crippen LogP contribution is -2.43. The number of aromatic nitrogens is 2. The number of ether oxygens (including phenoxy) is 1. The number of rotatable bonds is 6. The number of nitriles is 1. The molecule has 1 aliphatic carbocycles. The van der Waals surface area contributed by atoms with Crippen LogP contribution in [0.3, 0.4) is 0 Å². The minimum Gasteiger partial charge on any atom is -0.461 e. The van der Waals surface area contributed by atoms with E-state index < -0.39 is 23.3 Å². The summed E-state index contributed by atoms with van der Waals surface area (Å²) in [6, 6.07) is 6.10. The molecule has 5 heterocycles. The molecule has 4 aromatic rings. The van der Waals surface area contributed by atoms with Gasteiger partial charge in [-0.25, -0.2) is 13.2 Å². The van der Waals surface area contributed by atoms with Gasteiger partial charge in [0, 0.05) is 62.3 Å². The number of carbonyl (C=O) groups excluding carboxylic acids is 2. The molecule has 0 radical (unpaired) electrons. The van der Waals surface area contributed by atoms with Crippen LogP contribution in [0.4, 0.5) is 24.0 Å². The Kier molecular flexibility index (Phi) is 8.31. The molecule has 266 valence electrons. The van der Waals surface area contributed by atoms with E-state index in [1.165, 1.54) is 31.0 Å². The number of amides is 2. The average Bonchev–Trinajstić information content (AvgIpc) is 3.89. The molecule has 15 heteroatoms. The van der Waals surface area contributed by atoms with E-state index in [-0.39, 0.29) is 84.5 Å². The number of carbonyl (C=O) groups is 2. The summed E-state index contributed by atoms with van der Waals surface area (Å²) >= 11 is 7.77. The molecule has 2 aromatic carbocycles. The fraction of sp³-hybridized carbons (Fsp3) is 0.472. The van der Waals surface area contributed by atoms with Crippen molar-refractivity contribution < 1.29 is 27.5 Å². The van der Waals surface area contributed by atoms with E-state index in [2.05, 4.69) is 9.88 Å². The van der Waals surface area contributed by atoms with Crippen molar-refractivity contribution in [1.82, 2.24) is 19.8 Å². The molecule has 3 aliphatic heterocycles. The number of alkyl halides is 1. The van der Waals surface area contributed by atoms with Crippen molar-refractivity contribution in [2.45, 2.75) is 50.7 Å². The first-order valence-electron chi connectivity index (χ1n) is 17.0. The third kappa shape index (κ3) is 5.47. The highest BCUT2D eigenvalue weighted by Gasteiger charge is 2.50. The smallest absolute Gasteiger partial charge is 0.319 e. The lowest BCUT2D eigenvalue weighted by Gasteiger charge is -2.31. The number of nitrogens with two attached hydrogens (primary N) is 1. The second-order valence-corrected chi connectivity index (χ2v) is 15.9. The van der Waals surface area contributed by atoms with Gasteiger partial charge in [0.2, 0.25) is 11.8 Å². The van der Waals surface area contributed by atoms with E-state index in [0.29, 0.717) is 50.1 Å². The SMILES string of the molecule is CC(=O)N(C)C(=O)C1C[C@@H]2CN(c3nc(OC[C@@]45CCCN4C[C@H](F)C5)nc4c(F)c(-c5ccc(F)c6sc(N)c(C#N)c56)c(Cl)cc34)C[C@@H]2C1. The normalized spacial score (nSPS) is 25.8. The van der Waals surface area contributed by atoms with Crippen LogP contribution >= 0.6 is 22.9 Å². The predicted molar refractivity (Wildman–Crippen MR) is 188 cm³/mol. The third-order valence-electron chi connectivity index (χ3n) is 11.5. The molecule has 1 saturated carbocycles. The quantitative estimate of drug-likeness (QED) is 0.242. The second-order valence-electron chi connectivity index (χ2n) is 14.4. The fourth-order valence-electron chi connectivity index (χ4n) is 8.97. The van der Waals surface area contributed by atoms with E-state index in [4.69, 9.17) is 27.1 Å². The minimum absolute atomic E-state index is 0.0119.